The van der Waals surface area contributed by atoms with Gasteiger partial charge in [-0.25, -0.2) is 4.39 Å². The molecule has 0 aliphatic carbocycles. The topological polar surface area (TPSA) is 61.0 Å². The number of anilines is 1. The molecule has 1 aliphatic rings. The van der Waals surface area contributed by atoms with E-state index < -0.39 is 0 Å². The summed E-state index contributed by atoms with van der Waals surface area (Å²) in [5, 5.41) is 10.4. The van der Waals surface area contributed by atoms with E-state index in [2.05, 4.69) is 15.5 Å². The van der Waals surface area contributed by atoms with Gasteiger partial charge in [-0.05, 0) is 36.4 Å². The number of aromatic nitrogens is 2. The van der Waals surface area contributed by atoms with Crippen molar-refractivity contribution in [2.75, 3.05) is 12.4 Å². The molecule has 0 spiro atoms. The molecule has 6 heteroatoms. The van der Waals surface area contributed by atoms with Crippen LogP contribution in [-0.2, 0) is 0 Å². The summed E-state index contributed by atoms with van der Waals surface area (Å²) < 4.78 is 13.2. The highest BCUT2D eigenvalue weighted by Gasteiger charge is 2.32. The van der Waals surface area contributed by atoms with Crippen molar-refractivity contribution >= 4 is 11.6 Å². The molecule has 3 aromatic rings. The van der Waals surface area contributed by atoms with E-state index in [1.807, 2.05) is 18.2 Å². The predicted octanol–water partition coefficient (Wildman–Crippen LogP) is 3.41. The minimum atomic E-state index is -0.355. The molecule has 0 saturated carbocycles. The SMILES string of the molecule is CN1C(=O)c2ccccc2NC1c1cn[nH]c1-c1ccc(F)cc1. The maximum Gasteiger partial charge on any atom is 0.257 e. The number of nitrogens with one attached hydrogen (secondary N) is 2. The number of carbonyl (C=O) groups is 1. The van der Waals surface area contributed by atoms with Crippen LogP contribution in [0.1, 0.15) is 22.1 Å². The smallest absolute Gasteiger partial charge is 0.257 e. The first-order valence-electron chi connectivity index (χ1n) is 7.57. The molecule has 1 aliphatic heterocycles. The van der Waals surface area contributed by atoms with E-state index in [0.717, 1.165) is 22.5 Å². The summed E-state index contributed by atoms with van der Waals surface area (Å²) in [5.41, 5.74) is 3.82. The number of fused-ring (bicyclic) bond motifs is 1. The molecule has 0 radical (unpaired) electrons. The zero-order valence-corrected chi connectivity index (χ0v) is 13.0. The number of aromatic amines is 1. The number of amides is 1. The molecule has 1 aromatic heterocycles. The van der Waals surface area contributed by atoms with Gasteiger partial charge in [-0.2, -0.15) is 5.10 Å². The van der Waals surface area contributed by atoms with E-state index in [1.165, 1.54) is 12.1 Å². The number of benzene rings is 2. The predicted molar refractivity (Wildman–Crippen MR) is 88.9 cm³/mol. The summed E-state index contributed by atoms with van der Waals surface area (Å²) in [6.07, 6.45) is 1.33. The van der Waals surface area contributed by atoms with Crippen molar-refractivity contribution in [1.29, 1.82) is 0 Å². The molecule has 2 aromatic carbocycles. The van der Waals surface area contributed by atoms with Crippen molar-refractivity contribution in [3.63, 3.8) is 0 Å². The first-order valence-corrected chi connectivity index (χ1v) is 7.57. The normalized spacial score (nSPS) is 16.7. The third-order valence-electron chi connectivity index (χ3n) is 4.25. The Bertz CT molecular complexity index is 903. The molecule has 120 valence electrons. The Morgan fingerprint density at radius 3 is 2.67 bits per heavy atom. The van der Waals surface area contributed by atoms with Crippen molar-refractivity contribution in [2.45, 2.75) is 6.17 Å². The minimum absolute atomic E-state index is 0.0550. The summed E-state index contributed by atoms with van der Waals surface area (Å²) in [6.45, 7) is 0. The molecule has 4 rings (SSSR count). The Kier molecular flexibility index (Phi) is 3.30. The van der Waals surface area contributed by atoms with Gasteiger partial charge in [0.05, 0.1) is 17.5 Å². The highest BCUT2D eigenvalue weighted by atomic mass is 19.1. The lowest BCUT2D eigenvalue weighted by Crippen LogP contribution is -2.40. The van der Waals surface area contributed by atoms with Crippen LogP contribution in [0, 0.1) is 5.82 Å². The van der Waals surface area contributed by atoms with Gasteiger partial charge < -0.3 is 10.2 Å². The van der Waals surface area contributed by atoms with Crippen molar-refractivity contribution in [2.24, 2.45) is 0 Å². The number of halogens is 1. The standard InChI is InChI=1S/C18H15FN4O/c1-23-17(21-15-5-3-2-4-13(15)18(23)24)14-10-20-22-16(14)11-6-8-12(19)9-7-11/h2-10,17,21H,1H3,(H,20,22). The zero-order valence-electron chi connectivity index (χ0n) is 13.0. The second-order valence-electron chi connectivity index (χ2n) is 5.72. The lowest BCUT2D eigenvalue weighted by molar-refractivity contribution is 0.0736. The molecule has 1 atom stereocenters. The van der Waals surface area contributed by atoms with Crippen LogP contribution in [0.2, 0.25) is 0 Å². The van der Waals surface area contributed by atoms with Crippen molar-refractivity contribution < 1.29 is 9.18 Å². The van der Waals surface area contributed by atoms with Crippen LogP contribution in [0.5, 0.6) is 0 Å². The Labute approximate surface area is 138 Å². The van der Waals surface area contributed by atoms with Crippen molar-refractivity contribution in [1.82, 2.24) is 15.1 Å². The molecule has 5 nitrogen and oxygen atoms in total. The van der Waals surface area contributed by atoms with E-state index in [-0.39, 0.29) is 17.9 Å². The van der Waals surface area contributed by atoms with E-state index >= 15 is 0 Å². The number of rotatable bonds is 2. The molecule has 2 N–H and O–H groups in total. The average molecular weight is 322 g/mol. The van der Waals surface area contributed by atoms with E-state index in [9.17, 15) is 9.18 Å². The van der Waals surface area contributed by atoms with Crippen molar-refractivity contribution in [3.05, 3.63) is 71.7 Å². The monoisotopic (exact) mass is 322 g/mol. The lowest BCUT2D eigenvalue weighted by Gasteiger charge is -2.35. The lowest BCUT2D eigenvalue weighted by atomic mass is 10.0. The third kappa shape index (κ3) is 2.23. The van der Waals surface area contributed by atoms with E-state index in [1.54, 1.807) is 36.3 Å². The van der Waals surface area contributed by atoms with Crippen molar-refractivity contribution in [3.8, 4) is 11.3 Å². The Morgan fingerprint density at radius 1 is 1.12 bits per heavy atom. The van der Waals surface area contributed by atoms with Gasteiger partial charge in [0.2, 0.25) is 0 Å². The van der Waals surface area contributed by atoms with Gasteiger partial charge in [0.1, 0.15) is 12.0 Å². The van der Waals surface area contributed by atoms with Crippen LogP contribution in [-0.4, -0.2) is 28.1 Å². The van der Waals surface area contributed by atoms with Gasteiger partial charge in [-0.1, -0.05) is 12.1 Å². The first-order chi connectivity index (χ1) is 11.6. The number of carbonyl (C=O) groups excluding carboxylic acids is 1. The Hall–Kier alpha value is -3.15. The maximum absolute atomic E-state index is 13.2. The fraction of sp³-hybridized carbons (Fsp3) is 0.111. The Balaban J connectivity index is 1.77. The summed E-state index contributed by atoms with van der Waals surface area (Å²) >= 11 is 0. The Morgan fingerprint density at radius 2 is 1.88 bits per heavy atom. The molecule has 0 saturated heterocycles. The molecule has 1 unspecified atom stereocenters. The molecule has 2 heterocycles. The minimum Gasteiger partial charge on any atom is -0.361 e. The second kappa shape index (κ2) is 5.49. The molecule has 0 fully saturated rings. The van der Waals surface area contributed by atoms with Gasteiger partial charge in [0, 0.05) is 23.9 Å². The van der Waals surface area contributed by atoms with Crippen LogP contribution >= 0.6 is 0 Å². The highest BCUT2D eigenvalue weighted by Crippen LogP contribution is 2.35. The van der Waals surface area contributed by atoms with E-state index in [0.29, 0.717) is 5.56 Å². The van der Waals surface area contributed by atoms with Crippen LogP contribution in [0.3, 0.4) is 0 Å². The maximum atomic E-state index is 13.2. The molecule has 1 amide bonds. The fourth-order valence-corrected chi connectivity index (χ4v) is 2.98. The average Bonchev–Trinajstić information content (AvgIpc) is 3.08. The second-order valence-corrected chi connectivity index (χ2v) is 5.72. The summed E-state index contributed by atoms with van der Waals surface area (Å²) in [4.78, 5) is 14.3. The van der Waals surface area contributed by atoms with Crippen LogP contribution in [0.4, 0.5) is 10.1 Å². The van der Waals surface area contributed by atoms with Gasteiger partial charge in [0.25, 0.3) is 5.91 Å². The van der Waals surface area contributed by atoms with Gasteiger partial charge in [-0.15, -0.1) is 0 Å². The van der Waals surface area contributed by atoms with Gasteiger partial charge >= 0.3 is 0 Å². The molecule has 0 bridgehead atoms. The highest BCUT2D eigenvalue weighted by molar-refractivity contribution is 6.01. The van der Waals surface area contributed by atoms with E-state index in [4.69, 9.17) is 0 Å². The van der Waals surface area contributed by atoms with Crippen LogP contribution in [0.15, 0.2) is 54.7 Å². The number of hydrogen-bond acceptors (Lipinski definition) is 3. The number of nitrogens with zero attached hydrogens (tertiary/aromatic N) is 2. The van der Waals surface area contributed by atoms with Gasteiger partial charge in [0.15, 0.2) is 0 Å². The summed E-state index contributed by atoms with van der Waals surface area (Å²) in [7, 11) is 1.75. The summed E-state index contributed by atoms with van der Waals surface area (Å²) in [6, 6.07) is 13.6. The largest absolute Gasteiger partial charge is 0.361 e. The quantitative estimate of drug-likeness (QED) is 0.760. The zero-order chi connectivity index (χ0) is 16.7. The number of para-hydroxylation sites is 1. The third-order valence-corrected chi connectivity index (χ3v) is 4.25. The van der Waals surface area contributed by atoms with Crippen LogP contribution < -0.4 is 5.32 Å². The van der Waals surface area contributed by atoms with Crippen LogP contribution in [0.25, 0.3) is 11.3 Å². The number of H-pyrrole nitrogens is 1. The fourth-order valence-electron chi connectivity index (χ4n) is 2.98. The summed E-state index contributed by atoms with van der Waals surface area (Å²) in [5.74, 6) is -0.350. The molecular weight excluding hydrogens is 307 g/mol. The first kappa shape index (κ1) is 14.4. The number of hydrogen-bond donors (Lipinski definition) is 2. The molecule has 24 heavy (non-hydrogen) atoms. The van der Waals surface area contributed by atoms with Gasteiger partial charge in [-0.3, -0.25) is 9.89 Å². The molecular formula is C18H15FN4O.